The van der Waals surface area contributed by atoms with Crippen molar-refractivity contribution in [2.24, 2.45) is 0 Å². The van der Waals surface area contributed by atoms with Crippen molar-refractivity contribution in [3.8, 4) is 0 Å². The Morgan fingerprint density at radius 1 is 1.13 bits per heavy atom. The lowest BCUT2D eigenvalue weighted by molar-refractivity contribution is -0.119. The highest BCUT2D eigenvalue weighted by molar-refractivity contribution is 7.99. The summed E-state index contributed by atoms with van der Waals surface area (Å²) in [6.45, 7) is 0.798. The van der Waals surface area contributed by atoms with Crippen LogP contribution in [0.2, 0.25) is 5.02 Å². The number of rotatable bonds is 8. The zero-order valence-corrected chi connectivity index (χ0v) is 14.1. The van der Waals surface area contributed by atoms with Gasteiger partial charge in [-0.3, -0.25) is 4.79 Å². The summed E-state index contributed by atoms with van der Waals surface area (Å²) in [6, 6.07) is 13.7. The van der Waals surface area contributed by atoms with Crippen molar-refractivity contribution >= 4 is 35.0 Å². The summed E-state index contributed by atoms with van der Waals surface area (Å²) in [7, 11) is 0. The fourth-order valence-corrected chi connectivity index (χ4v) is 2.92. The van der Waals surface area contributed by atoms with Gasteiger partial charge in [0.25, 0.3) is 0 Å². The molecule has 0 aliphatic carbocycles. The Kier molecular flexibility index (Phi) is 7.23. The predicted octanol–water partition coefficient (Wildman–Crippen LogP) is 4.19. The van der Waals surface area contributed by atoms with Gasteiger partial charge in [0.05, 0.1) is 17.3 Å². The van der Waals surface area contributed by atoms with Gasteiger partial charge in [0, 0.05) is 11.4 Å². The van der Waals surface area contributed by atoms with Crippen molar-refractivity contribution < 1.29 is 9.18 Å². The normalized spacial score (nSPS) is 10.3. The van der Waals surface area contributed by atoms with E-state index < -0.39 is 0 Å². The fourth-order valence-electron chi connectivity index (χ4n) is 1.86. The van der Waals surface area contributed by atoms with E-state index in [1.807, 2.05) is 18.2 Å². The highest BCUT2D eigenvalue weighted by Gasteiger charge is 2.03. The molecule has 2 N–H and O–H groups in total. The van der Waals surface area contributed by atoms with Crippen LogP contribution in [0.4, 0.5) is 10.1 Å². The number of thioether (sulfide) groups is 1. The average Bonchev–Trinajstić information content (AvgIpc) is 2.55. The summed E-state index contributed by atoms with van der Waals surface area (Å²) < 4.78 is 12.8. The summed E-state index contributed by atoms with van der Waals surface area (Å²) in [4.78, 5) is 12.8. The minimum absolute atomic E-state index is 0.0725. The van der Waals surface area contributed by atoms with E-state index in [1.54, 1.807) is 30.0 Å². The Labute approximate surface area is 144 Å². The van der Waals surface area contributed by atoms with E-state index in [-0.39, 0.29) is 18.3 Å². The Bertz CT molecular complexity index is 637. The van der Waals surface area contributed by atoms with E-state index in [1.165, 1.54) is 12.1 Å². The van der Waals surface area contributed by atoms with E-state index in [4.69, 9.17) is 11.6 Å². The predicted molar refractivity (Wildman–Crippen MR) is 94.7 cm³/mol. The van der Waals surface area contributed by atoms with Gasteiger partial charge < -0.3 is 10.6 Å². The summed E-state index contributed by atoms with van der Waals surface area (Å²) >= 11 is 7.64. The van der Waals surface area contributed by atoms with Crippen molar-refractivity contribution in [1.29, 1.82) is 0 Å². The topological polar surface area (TPSA) is 41.1 Å². The van der Waals surface area contributed by atoms with Gasteiger partial charge in [0.2, 0.25) is 5.91 Å². The molecule has 0 aromatic heterocycles. The summed E-state index contributed by atoms with van der Waals surface area (Å²) in [5.41, 5.74) is 0.746. The number of benzene rings is 2. The molecule has 2 rings (SSSR count). The molecule has 2 aromatic carbocycles. The van der Waals surface area contributed by atoms with Crippen molar-refractivity contribution in [3.05, 3.63) is 59.4 Å². The number of nitrogens with one attached hydrogen (secondary N) is 2. The zero-order chi connectivity index (χ0) is 16.5. The van der Waals surface area contributed by atoms with E-state index in [0.717, 1.165) is 22.8 Å². The van der Waals surface area contributed by atoms with Gasteiger partial charge in [-0.05, 0) is 48.6 Å². The van der Waals surface area contributed by atoms with Gasteiger partial charge in [-0.1, -0.05) is 23.7 Å². The molecular weight excluding hydrogens is 335 g/mol. The summed E-state index contributed by atoms with van der Waals surface area (Å²) in [5, 5.41) is 6.44. The van der Waals surface area contributed by atoms with Gasteiger partial charge in [-0.15, -0.1) is 11.8 Å². The van der Waals surface area contributed by atoms with E-state index in [2.05, 4.69) is 10.6 Å². The second-order valence-corrected chi connectivity index (χ2v) is 6.41. The van der Waals surface area contributed by atoms with Crippen LogP contribution in [0.1, 0.15) is 6.42 Å². The first kappa shape index (κ1) is 17.6. The standard InChI is InChI=1S/C17H18ClFN2OS/c18-15-4-1-2-5-16(15)21-12-17(22)20-10-3-11-23-14-8-6-13(19)7-9-14/h1-2,4-9,21H,3,10-12H2,(H,20,22). The smallest absolute Gasteiger partial charge is 0.239 e. The Morgan fingerprint density at radius 2 is 1.87 bits per heavy atom. The molecule has 0 radical (unpaired) electrons. The molecule has 0 saturated carbocycles. The van der Waals surface area contributed by atoms with Crippen LogP contribution in [-0.2, 0) is 4.79 Å². The number of anilines is 1. The van der Waals surface area contributed by atoms with Gasteiger partial charge in [0.15, 0.2) is 0 Å². The Morgan fingerprint density at radius 3 is 2.61 bits per heavy atom. The second-order valence-electron chi connectivity index (χ2n) is 4.84. The molecule has 2 aromatic rings. The maximum absolute atomic E-state index is 12.8. The zero-order valence-electron chi connectivity index (χ0n) is 12.5. The van der Waals surface area contributed by atoms with E-state index in [0.29, 0.717) is 11.6 Å². The largest absolute Gasteiger partial charge is 0.375 e. The van der Waals surface area contributed by atoms with Gasteiger partial charge in [-0.2, -0.15) is 0 Å². The van der Waals surface area contributed by atoms with Gasteiger partial charge in [0.1, 0.15) is 5.82 Å². The van der Waals surface area contributed by atoms with Crippen molar-refractivity contribution in [1.82, 2.24) is 5.32 Å². The molecule has 3 nitrogen and oxygen atoms in total. The minimum Gasteiger partial charge on any atom is -0.375 e. The lowest BCUT2D eigenvalue weighted by Gasteiger charge is -2.09. The van der Waals surface area contributed by atoms with Crippen LogP contribution in [-0.4, -0.2) is 24.7 Å². The molecule has 0 aliphatic heterocycles. The minimum atomic E-state index is -0.229. The van der Waals surface area contributed by atoms with Crippen LogP contribution in [0, 0.1) is 5.82 Å². The highest BCUT2D eigenvalue weighted by Crippen LogP contribution is 2.20. The van der Waals surface area contributed by atoms with Crippen LogP contribution in [0.3, 0.4) is 0 Å². The molecule has 0 saturated heterocycles. The van der Waals surface area contributed by atoms with E-state index in [9.17, 15) is 9.18 Å². The number of hydrogen-bond donors (Lipinski definition) is 2. The molecular formula is C17H18ClFN2OS. The van der Waals surface area contributed by atoms with Crippen LogP contribution >= 0.6 is 23.4 Å². The maximum Gasteiger partial charge on any atom is 0.239 e. The molecule has 1 amide bonds. The first-order valence-electron chi connectivity index (χ1n) is 7.28. The van der Waals surface area contributed by atoms with Gasteiger partial charge >= 0.3 is 0 Å². The number of carbonyl (C=O) groups excluding carboxylic acids is 1. The number of hydrogen-bond acceptors (Lipinski definition) is 3. The van der Waals surface area contributed by atoms with Gasteiger partial charge in [-0.25, -0.2) is 4.39 Å². The van der Waals surface area contributed by atoms with Crippen molar-refractivity contribution in [2.75, 3.05) is 24.2 Å². The number of halogens is 2. The molecule has 0 unspecified atom stereocenters. The Balaban J connectivity index is 1.58. The monoisotopic (exact) mass is 352 g/mol. The molecule has 0 bridgehead atoms. The van der Waals surface area contributed by atoms with Crippen molar-refractivity contribution in [3.63, 3.8) is 0 Å². The third-order valence-electron chi connectivity index (χ3n) is 3.04. The maximum atomic E-state index is 12.8. The third-order valence-corrected chi connectivity index (χ3v) is 4.47. The van der Waals surface area contributed by atoms with E-state index >= 15 is 0 Å². The molecule has 23 heavy (non-hydrogen) atoms. The third kappa shape index (κ3) is 6.50. The van der Waals surface area contributed by atoms with Crippen LogP contribution < -0.4 is 10.6 Å². The molecule has 6 heteroatoms. The molecule has 0 aliphatic rings. The quantitative estimate of drug-likeness (QED) is 0.553. The highest BCUT2D eigenvalue weighted by atomic mass is 35.5. The SMILES string of the molecule is O=C(CNc1ccccc1Cl)NCCCSc1ccc(F)cc1. The molecule has 0 spiro atoms. The molecule has 0 fully saturated rings. The number of carbonyl (C=O) groups is 1. The summed E-state index contributed by atoms with van der Waals surface area (Å²) in [6.07, 6.45) is 0.847. The van der Waals surface area contributed by atoms with Crippen LogP contribution in [0.5, 0.6) is 0 Å². The molecule has 0 heterocycles. The lowest BCUT2D eigenvalue weighted by atomic mass is 10.3. The second kappa shape index (κ2) is 9.43. The number of para-hydroxylation sites is 1. The average molecular weight is 353 g/mol. The first-order chi connectivity index (χ1) is 11.1. The number of amides is 1. The first-order valence-corrected chi connectivity index (χ1v) is 8.65. The van der Waals surface area contributed by atoms with Crippen LogP contribution in [0.25, 0.3) is 0 Å². The molecule has 122 valence electrons. The summed E-state index contributed by atoms with van der Waals surface area (Å²) in [5.74, 6) is 0.563. The molecule has 0 atom stereocenters. The van der Waals surface area contributed by atoms with Crippen molar-refractivity contribution in [2.45, 2.75) is 11.3 Å². The van der Waals surface area contributed by atoms with Crippen LogP contribution in [0.15, 0.2) is 53.4 Å². The Hall–Kier alpha value is -1.72. The fraction of sp³-hybridized carbons (Fsp3) is 0.235. The lowest BCUT2D eigenvalue weighted by Crippen LogP contribution is -2.30.